The first-order chi connectivity index (χ1) is 10.2. The number of benzene rings is 2. The maximum Gasteiger partial charge on any atom is 0.128 e. The Kier molecular flexibility index (Phi) is 4.27. The molecule has 0 aromatic heterocycles. The van der Waals surface area contributed by atoms with Crippen LogP contribution >= 0.6 is 15.9 Å². The molecule has 0 saturated heterocycles. The average Bonchev–Trinajstić information content (AvgIpc) is 2.96. The lowest BCUT2D eigenvalue weighted by molar-refractivity contribution is 0.350. The Morgan fingerprint density at radius 1 is 1.29 bits per heavy atom. The number of hydrogen-bond donors (Lipinski definition) is 1. The summed E-state index contributed by atoms with van der Waals surface area (Å²) in [5.74, 6) is 0.697. The summed E-state index contributed by atoms with van der Waals surface area (Å²) >= 11 is 3.42. The lowest BCUT2D eigenvalue weighted by Crippen LogP contribution is -2.23. The second-order valence-corrected chi connectivity index (χ2v) is 6.01. The highest BCUT2D eigenvalue weighted by molar-refractivity contribution is 9.10. The third-order valence-electron chi connectivity index (χ3n) is 3.73. The molecular formula is C17H17BrFNO. The first-order valence-electron chi connectivity index (χ1n) is 7.13. The van der Waals surface area contributed by atoms with E-state index in [2.05, 4.69) is 27.3 Å². The summed E-state index contributed by atoms with van der Waals surface area (Å²) in [6.45, 7) is 3.47. The van der Waals surface area contributed by atoms with E-state index in [0.717, 1.165) is 28.8 Å². The van der Waals surface area contributed by atoms with Gasteiger partial charge in [-0.05, 0) is 30.3 Å². The fraction of sp³-hybridized carbons (Fsp3) is 0.294. The highest BCUT2D eigenvalue weighted by atomic mass is 79.9. The third-order valence-corrected chi connectivity index (χ3v) is 4.23. The number of para-hydroxylation sites is 1. The third kappa shape index (κ3) is 2.83. The summed E-state index contributed by atoms with van der Waals surface area (Å²) in [5.41, 5.74) is 2.84. The Labute approximate surface area is 132 Å². The van der Waals surface area contributed by atoms with Crippen LogP contribution in [0, 0.1) is 5.82 Å². The molecule has 1 aliphatic heterocycles. The first-order valence-corrected chi connectivity index (χ1v) is 7.93. The predicted molar refractivity (Wildman–Crippen MR) is 85.3 cm³/mol. The standard InChI is InChI=1S/C17H17BrFNO/c1-2-20-16(14-10-12(18)6-7-15(14)19)13-5-3-4-11-8-9-21-17(11)13/h3-7,10,16,20H,2,8-9H2,1H3. The van der Waals surface area contributed by atoms with Crippen molar-refractivity contribution in [2.75, 3.05) is 13.2 Å². The molecule has 0 aliphatic carbocycles. The van der Waals surface area contributed by atoms with Crippen LogP contribution in [-0.4, -0.2) is 13.2 Å². The zero-order valence-electron chi connectivity index (χ0n) is 11.8. The molecule has 0 spiro atoms. The SMILES string of the molecule is CCNC(c1cc(Br)ccc1F)c1cccc2c1OCC2. The van der Waals surface area contributed by atoms with Gasteiger partial charge in [-0.2, -0.15) is 0 Å². The number of rotatable bonds is 4. The van der Waals surface area contributed by atoms with E-state index in [0.29, 0.717) is 12.2 Å². The molecule has 1 heterocycles. The van der Waals surface area contributed by atoms with Crippen molar-refractivity contribution in [2.24, 2.45) is 0 Å². The highest BCUT2D eigenvalue weighted by Crippen LogP contribution is 2.37. The molecule has 1 N–H and O–H groups in total. The van der Waals surface area contributed by atoms with Crippen LogP contribution in [-0.2, 0) is 6.42 Å². The summed E-state index contributed by atoms with van der Waals surface area (Å²) in [6.07, 6.45) is 0.920. The number of fused-ring (bicyclic) bond motifs is 1. The van der Waals surface area contributed by atoms with Gasteiger partial charge in [-0.15, -0.1) is 0 Å². The van der Waals surface area contributed by atoms with Gasteiger partial charge in [0.25, 0.3) is 0 Å². The molecule has 2 nitrogen and oxygen atoms in total. The van der Waals surface area contributed by atoms with E-state index in [1.54, 1.807) is 6.07 Å². The van der Waals surface area contributed by atoms with Gasteiger partial charge in [0.15, 0.2) is 0 Å². The van der Waals surface area contributed by atoms with E-state index in [9.17, 15) is 4.39 Å². The van der Waals surface area contributed by atoms with Crippen molar-refractivity contribution in [1.82, 2.24) is 5.32 Å². The van der Waals surface area contributed by atoms with Crippen molar-refractivity contribution in [3.8, 4) is 5.75 Å². The molecule has 110 valence electrons. The summed E-state index contributed by atoms with van der Waals surface area (Å²) in [4.78, 5) is 0. The molecule has 1 atom stereocenters. The topological polar surface area (TPSA) is 21.3 Å². The van der Waals surface area contributed by atoms with Gasteiger partial charge >= 0.3 is 0 Å². The van der Waals surface area contributed by atoms with Gasteiger partial charge in [0, 0.05) is 22.0 Å². The van der Waals surface area contributed by atoms with Crippen molar-refractivity contribution in [3.05, 3.63) is 63.4 Å². The zero-order chi connectivity index (χ0) is 14.8. The second kappa shape index (κ2) is 6.16. The van der Waals surface area contributed by atoms with Crippen molar-refractivity contribution < 1.29 is 9.13 Å². The largest absolute Gasteiger partial charge is 0.493 e. The van der Waals surface area contributed by atoms with Crippen molar-refractivity contribution in [2.45, 2.75) is 19.4 Å². The average molecular weight is 350 g/mol. The highest BCUT2D eigenvalue weighted by Gasteiger charge is 2.24. The van der Waals surface area contributed by atoms with Crippen LogP contribution in [0.4, 0.5) is 4.39 Å². The lowest BCUT2D eigenvalue weighted by atomic mass is 9.95. The molecule has 2 aromatic rings. The molecule has 1 unspecified atom stereocenters. The van der Waals surface area contributed by atoms with Gasteiger partial charge in [-0.3, -0.25) is 0 Å². The van der Waals surface area contributed by atoms with E-state index in [-0.39, 0.29) is 11.9 Å². The summed E-state index contributed by atoms with van der Waals surface area (Å²) in [7, 11) is 0. The molecule has 0 saturated carbocycles. The van der Waals surface area contributed by atoms with Crippen LogP contribution in [0.1, 0.15) is 29.7 Å². The monoisotopic (exact) mass is 349 g/mol. The molecule has 4 heteroatoms. The number of halogens is 2. The molecular weight excluding hydrogens is 333 g/mol. The molecule has 1 aliphatic rings. The molecule has 21 heavy (non-hydrogen) atoms. The van der Waals surface area contributed by atoms with Crippen molar-refractivity contribution in [3.63, 3.8) is 0 Å². The van der Waals surface area contributed by atoms with E-state index in [4.69, 9.17) is 4.74 Å². The van der Waals surface area contributed by atoms with Gasteiger partial charge in [0.1, 0.15) is 11.6 Å². The number of hydrogen-bond acceptors (Lipinski definition) is 2. The van der Waals surface area contributed by atoms with Gasteiger partial charge < -0.3 is 10.1 Å². The predicted octanol–water partition coefficient (Wildman–Crippen LogP) is 4.22. The Balaban J connectivity index is 2.10. The number of ether oxygens (including phenoxy) is 1. The molecule has 0 fully saturated rings. The van der Waals surface area contributed by atoms with Crippen LogP contribution in [0.3, 0.4) is 0 Å². The van der Waals surface area contributed by atoms with Gasteiger partial charge in [-0.25, -0.2) is 4.39 Å². The zero-order valence-corrected chi connectivity index (χ0v) is 13.4. The fourth-order valence-electron chi connectivity index (χ4n) is 2.80. The number of nitrogens with one attached hydrogen (secondary N) is 1. The van der Waals surface area contributed by atoms with Crippen LogP contribution in [0.5, 0.6) is 5.75 Å². The Hall–Kier alpha value is -1.39. The fourth-order valence-corrected chi connectivity index (χ4v) is 3.17. The molecule has 0 amide bonds. The summed E-state index contributed by atoms with van der Waals surface area (Å²) < 4.78 is 20.9. The summed E-state index contributed by atoms with van der Waals surface area (Å²) in [5, 5.41) is 3.37. The van der Waals surface area contributed by atoms with Crippen LogP contribution in [0.25, 0.3) is 0 Å². The normalized spacial score (nSPS) is 14.6. The van der Waals surface area contributed by atoms with E-state index in [1.807, 2.05) is 25.1 Å². The van der Waals surface area contributed by atoms with Crippen LogP contribution in [0.15, 0.2) is 40.9 Å². The maximum absolute atomic E-state index is 14.3. The van der Waals surface area contributed by atoms with E-state index in [1.165, 1.54) is 11.6 Å². The van der Waals surface area contributed by atoms with Crippen LogP contribution in [0.2, 0.25) is 0 Å². The van der Waals surface area contributed by atoms with Gasteiger partial charge in [-0.1, -0.05) is 41.1 Å². The minimum Gasteiger partial charge on any atom is -0.493 e. The first kappa shape index (κ1) is 14.5. The van der Waals surface area contributed by atoms with Crippen molar-refractivity contribution in [1.29, 1.82) is 0 Å². The lowest BCUT2D eigenvalue weighted by Gasteiger charge is -2.22. The minimum absolute atomic E-state index is 0.208. The van der Waals surface area contributed by atoms with Gasteiger partial charge in [0.2, 0.25) is 0 Å². The Morgan fingerprint density at radius 3 is 2.95 bits per heavy atom. The summed E-state index contributed by atoms with van der Waals surface area (Å²) in [6, 6.07) is 10.9. The molecule has 0 bridgehead atoms. The van der Waals surface area contributed by atoms with Gasteiger partial charge in [0.05, 0.1) is 12.6 Å². The van der Waals surface area contributed by atoms with Crippen molar-refractivity contribution >= 4 is 15.9 Å². The van der Waals surface area contributed by atoms with E-state index >= 15 is 0 Å². The molecule has 0 radical (unpaired) electrons. The maximum atomic E-state index is 14.3. The second-order valence-electron chi connectivity index (χ2n) is 5.09. The smallest absolute Gasteiger partial charge is 0.128 e. The molecule has 3 rings (SSSR count). The Morgan fingerprint density at radius 2 is 2.14 bits per heavy atom. The quantitative estimate of drug-likeness (QED) is 0.891. The minimum atomic E-state index is -0.209. The molecule has 2 aromatic carbocycles. The Bertz CT molecular complexity index is 659. The van der Waals surface area contributed by atoms with E-state index < -0.39 is 0 Å². The van der Waals surface area contributed by atoms with Crippen LogP contribution < -0.4 is 10.1 Å².